The zero-order chi connectivity index (χ0) is 20.8. The zero-order valence-corrected chi connectivity index (χ0v) is 15.9. The molecule has 0 spiro atoms. The summed E-state index contributed by atoms with van der Waals surface area (Å²) in [6, 6.07) is 0.228. The number of thioether (sulfide) groups is 1. The predicted molar refractivity (Wildman–Crippen MR) is 93.7 cm³/mol. The molecule has 0 radical (unpaired) electrons. The minimum absolute atomic E-state index is 0.0145. The summed E-state index contributed by atoms with van der Waals surface area (Å²) in [6.45, 7) is 1.48. The molecule has 1 amide bonds. The van der Waals surface area contributed by atoms with Gasteiger partial charge in [-0.25, -0.2) is 4.39 Å². The maximum atomic E-state index is 14.0. The average Bonchev–Trinajstić information content (AvgIpc) is 3.10. The van der Waals surface area contributed by atoms with Crippen LogP contribution in [-0.4, -0.2) is 45.4 Å². The molecule has 1 N–H and O–H groups in total. The van der Waals surface area contributed by atoms with Crippen molar-refractivity contribution in [1.29, 1.82) is 0 Å². The van der Waals surface area contributed by atoms with E-state index in [2.05, 4.69) is 0 Å². The minimum atomic E-state index is -4.50. The molecule has 2 unspecified atom stereocenters. The van der Waals surface area contributed by atoms with Crippen molar-refractivity contribution in [3.63, 3.8) is 0 Å². The van der Waals surface area contributed by atoms with Crippen LogP contribution in [0, 0.1) is 0 Å². The second-order valence-electron chi connectivity index (χ2n) is 6.23. The van der Waals surface area contributed by atoms with Crippen molar-refractivity contribution in [2.75, 3.05) is 0 Å². The number of rotatable bonds is 4. The van der Waals surface area contributed by atoms with Gasteiger partial charge in [-0.1, -0.05) is 0 Å². The predicted octanol–water partition coefficient (Wildman–Crippen LogP) is 4.17. The standard InChI is InChI=1S/C17H13F4NO4S2/c1-7-9(4-14(24)25)10-3-13(23)11(18)5-12(10)22(7)16(26)8-2-15(27-6-8)28-17(19,20)21/h2-3,6,11-12H,4-5H2,1H3,(H,24,25). The van der Waals surface area contributed by atoms with Gasteiger partial charge in [0.25, 0.3) is 5.91 Å². The molecule has 1 aliphatic heterocycles. The van der Waals surface area contributed by atoms with Gasteiger partial charge in [-0.3, -0.25) is 14.4 Å². The topological polar surface area (TPSA) is 74.7 Å². The molecule has 2 aliphatic rings. The second-order valence-corrected chi connectivity index (χ2v) is 8.51. The Morgan fingerprint density at radius 1 is 1.39 bits per heavy atom. The second kappa shape index (κ2) is 7.36. The molecule has 0 aromatic carbocycles. The third kappa shape index (κ3) is 4.00. The highest BCUT2D eigenvalue weighted by Crippen LogP contribution is 2.43. The first-order chi connectivity index (χ1) is 13.0. The van der Waals surface area contributed by atoms with Crippen molar-refractivity contribution >= 4 is 40.8 Å². The van der Waals surface area contributed by atoms with Crippen LogP contribution in [0.25, 0.3) is 0 Å². The molecular weight excluding hydrogens is 422 g/mol. The van der Waals surface area contributed by atoms with Gasteiger partial charge in [0.15, 0.2) is 12.0 Å². The van der Waals surface area contributed by atoms with Crippen molar-refractivity contribution in [2.45, 2.75) is 41.7 Å². The number of hydrogen-bond donors (Lipinski definition) is 1. The van der Waals surface area contributed by atoms with Crippen molar-refractivity contribution < 1.29 is 37.1 Å². The number of fused-ring (bicyclic) bond motifs is 1. The van der Waals surface area contributed by atoms with E-state index >= 15 is 0 Å². The van der Waals surface area contributed by atoms with Crippen molar-refractivity contribution in [1.82, 2.24) is 4.90 Å². The summed E-state index contributed by atoms with van der Waals surface area (Å²) in [6.07, 6.45) is -1.60. The number of hydrogen-bond acceptors (Lipinski definition) is 5. The first-order valence-electron chi connectivity index (χ1n) is 7.97. The normalized spacial score (nSPS) is 22.4. The van der Waals surface area contributed by atoms with Crippen LogP contribution in [0.2, 0.25) is 0 Å². The summed E-state index contributed by atoms with van der Waals surface area (Å²) < 4.78 is 51.4. The zero-order valence-electron chi connectivity index (χ0n) is 14.2. The molecule has 0 saturated carbocycles. The lowest BCUT2D eigenvalue weighted by Gasteiger charge is -2.30. The Morgan fingerprint density at radius 3 is 2.68 bits per heavy atom. The lowest BCUT2D eigenvalue weighted by Crippen LogP contribution is -2.41. The quantitative estimate of drug-likeness (QED) is 0.568. The van der Waals surface area contributed by atoms with Crippen LogP contribution < -0.4 is 0 Å². The maximum Gasteiger partial charge on any atom is 0.447 e. The van der Waals surface area contributed by atoms with Gasteiger partial charge in [-0.2, -0.15) is 13.2 Å². The van der Waals surface area contributed by atoms with E-state index in [1.807, 2.05) is 0 Å². The third-order valence-electron chi connectivity index (χ3n) is 4.44. The van der Waals surface area contributed by atoms with Crippen molar-refractivity contribution in [3.8, 4) is 0 Å². The van der Waals surface area contributed by atoms with Gasteiger partial charge in [0, 0.05) is 17.5 Å². The van der Waals surface area contributed by atoms with Crippen LogP contribution in [-0.2, 0) is 9.59 Å². The van der Waals surface area contributed by atoms with Crippen molar-refractivity contribution in [2.24, 2.45) is 0 Å². The maximum absolute atomic E-state index is 14.0. The highest BCUT2D eigenvalue weighted by molar-refractivity contribution is 8.01. The molecule has 28 heavy (non-hydrogen) atoms. The Hall–Kier alpha value is -2.14. The van der Waals surface area contributed by atoms with Crippen LogP contribution in [0.4, 0.5) is 17.6 Å². The molecule has 0 bridgehead atoms. The van der Waals surface area contributed by atoms with E-state index in [1.54, 1.807) is 0 Å². The molecule has 2 heterocycles. The molecule has 1 aliphatic carbocycles. The van der Waals surface area contributed by atoms with Gasteiger partial charge >= 0.3 is 11.5 Å². The minimum Gasteiger partial charge on any atom is -0.481 e. The summed E-state index contributed by atoms with van der Waals surface area (Å²) >= 11 is 0.406. The van der Waals surface area contributed by atoms with E-state index in [9.17, 15) is 31.9 Å². The molecule has 2 atom stereocenters. The van der Waals surface area contributed by atoms with E-state index in [1.165, 1.54) is 17.2 Å². The first-order valence-corrected chi connectivity index (χ1v) is 9.67. The molecule has 0 saturated heterocycles. The lowest BCUT2D eigenvalue weighted by atomic mass is 9.88. The average molecular weight is 435 g/mol. The molecule has 3 rings (SSSR count). The summed E-state index contributed by atoms with van der Waals surface area (Å²) in [5.74, 6) is -2.64. The van der Waals surface area contributed by atoms with Crippen LogP contribution in [0.3, 0.4) is 0 Å². The smallest absolute Gasteiger partial charge is 0.447 e. The molecular formula is C17H13F4NO4S2. The number of carbonyl (C=O) groups is 3. The van der Waals surface area contributed by atoms with Crippen molar-refractivity contribution in [3.05, 3.63) is 39.9 Å². The monoisotopic (exact) mass is 435 g/mol. The van der Waals surface area contributed by atoms with Crippen LogP contribution in [0.1, 0.15) is 30.1 Å². The molecule has 150 valence electrons. The number of carbonyl (C=O) groups excluding carboxylic acids is 2. The molecule has 0 fully saturated rings. The van der Waals surface area contributed by atoms with Gasteiger partial charge in [0.05, 0.1) is 22.2 Å². The number of allylic oxidation sites excluding steroid dienone is 2. The Balaban J connectivity index is 1.96. The Morgan fingerprint density at radius 2 is 2.07 bits per heavy atom. The van der Waals surface area contributed by atoms with Crippen LogP contribution >= 0.6 is 23.1 Å². The highest BCUT2D eigenvalue weighted by atomic mass is 32.2. The number of aliphatic carboxylic acids is 1. The fourth-order valence-electron chi connectivity index (χ4n) is 3.31. The SMILES string of the molecule is CC1=C(CC(=O)O)C2=CC(=O)C(F)CC2N1C(=O)c1csc(SC(F)(F)F)c1. The number of alkyl halides is 4. The van der Waals surface area contributed by atoms with Gasteiger partial charge in [0.2, 0.25) is 0 Å². The summed E-state index contributed by atoms with van der Waals surface area (Å²) in [4.78, 5) is 37.0. The highest BCUT2D eigenvalue weighted by Gasteiger charge is 2.44. The number of carboxylic acid groups (broad SMARTS) is 1. The Labute approximate surface area is 164 Å². The van der Waals surface area contributed by atoms with Crippen LogP contribution in [0.5, 0.6) is 0 Å². The van der Waals surface area contributed by atoms with E-state index in [4.69, 9.17) is 5.11 Å². The van der Waals surface area contributed by atoms with Gasteiger partial charge in [-0.05, 0) is 42.0 Å². The van der Waals surface area contributed by atoms with Gasteiger partial charge < -0.3 is 10.0 Å². The largest absolute Gasteiger partial charge is 0.481 e. The number of halogens is 4. The first kappa shape index (κ1) is 20.6. The number of amides is 1. The summed E-state index contributed by atoms with van der Waals surface area (Å²) in [5.41, 5.74) is -3.75. The lowest BCUT2D eigenvalue weighted by molar-refractivity contribution is -0.136. The van der Waals surface area contributed by atoms with E-state index in [0.717, 1.165) is 23.5 Å². The van der Waals surface area contributed by atoms with Gasteiger partial charge in [0.1, 0.15) is 0 Å². The van der Waals surface area contributed by atoms with E-state index < -0.39 is 41.8 Å². The number of thiophene rings is 1. The Bertz CT molecular complexity index is 919. The number of ketones is 1. The molecule has 5 nitrogen and oxygen atoms in total. The van der Waals surface area contributed by atoms with E-state index in [0.29, 0.717) is 0 Å². The number of nitrogens with zero attached hydrogens (tertiary/aromatic N) is 1. The van der Waals surface area contributed by atoms with E-state index in [-0.39, 0.29) is 44.8 Å². The fraction of sp³-hybridized carbons (Fsp3) is 0.353. The van der Waals surface area contributed by atoms with Crippen LogP contribution in [0.15, 0.2) is 38.6 Å². The fourth-order valence-corrected chi connectivity index (χ4v) is 4.95. The number of carboxylic acids is 1. The molecule has 1 aromatic heterocycles. The molecule has 1 aromatic rings. The third-order valence-corrected chi connectivity index (χ3v) is 6.25. The summed E-state index contributed by atoms with van der Waals surface area (Å²) in [7, 11) is 0. The Kier molecular flexibility index (Phi) is 5.41. The van der Waals surface area contributed by atoms with Gasteiger partial charge in [-0.15, -0.1) is 11.3 Å². The molecule has 11 heteroatoms. The summed E-state index contributed by atoms with van der Waals surface area (Å²) in [5, 5.41) is 10.4.